The largest absolute Gasteiger partial charge is 0.416 e. The highest BCUT2D eigenvalue weighted by Crippen LogP contribution is 2.32. The summed E-state index contributed by atoms with van der Waals surface area (Å²) in [7, 11) is 1.50. The standard InChI is InChI=1S/C12H12ClF3N4/c1-6-11(13)7(2)20(19-6)10-5-8(12(14,15)16)4-9(17-3)18-10/h4-5H,1-3H3,(H,17,18). The van der Waals surface area contributed by atoms with E-state index in [1.165, 1.54) is 11.7 Å². The second kappa shape index (κ2) is 4.97. The fourth-order valence-corrected chi connectivity index (χ4v) is 1.88. The van der Waals surface area contributed by atoms with E-state index in [2.05, 4.69) is 15.4 Å². The maximum atomic E-state index is 12.9. The van der Waals surface area contributed by atoms with Crippen molar-refractivity contribution in [1.29, 1.82) is 0 Å². The highest BCUT2D eigenvalue weighted by molar-refractivity contribution is 6.31. The number of nitrogens with one attached hydrogen (secondary N) is 1. The zero-order valence-electron chi connectivity index (χ0n) is 11.0. The molecule has 0 aliphatic rings. The molecule has 108 valence electrons. The Kier molecular flexibility index (Phi) is 3.64. The second-order valence-corrected chi connectivity index (χ2v) is 4.62. The van der Waals surface area contributed by atoms with Crippen LogP contribution in [0.15, 0.2) is 12.1 Å². The molecule has 2 aromatic heterocycles. The van der Waals surface area contributed by atoms with Gasteiger partial charge in [0, 0.05) is 7.05 Å². The van der Waals surface area contributed by atoms with Crippen LogP contribution < -0.4 is 5.32 Å². The van der Waals surface area contributed by atoms with E-state index in [1.807, 2.05) is 0 Å². The van der Waals surface area contributed by atoms with Gasteiger partial charge in [0.1, 0.15) is 5.82 Å². The van der Waals surface area contributed by atoms with E-state index < -0.39 is 11.7 Å². The Morgan fingerprint density at radius 2 is 1.90 bits per heavy atom. The van der Waals surface area contributed by atoms with E-state index in [-0.39, 0.29) is 11.6 Å². The molecule has 0 atom stereocenters. The first-order valence-electron chi connectivity index (χ1n) is 5.73. The first-order chi connectivity index (χ1) is 9.24. The Hall–Kier alpha value is -1.76. The van der Waals surface area contributed by atoms with E-state index in [1.54, 1.807) is 13.8 Å². The number of aryl methyl sites for hydroxylation is 1. The Labute approximate surface area is 118 Å². The third-order valence-corrected chi connectivity index (χ3v) is 3.36. The van der Waals surface area contributed by atoms with Gasteiger partial charge in [-0.2, -0.15) is 18.3 Å². The molecule has 8 heteroatoms. The topological polar surface area (TPSA) is 42.7 Å². The van der Waals surface area contributed by atoms with E-state index in [4.69, 9.17) is 11.6 Å². The molecule has 2 aromatic rings. The smallest absolute Gasteiger partial charge is 0.373 e. The number of halogens is 4. The van der Waals surface area contributed by atoms with Gasteiger partial charge >= 0.3 is 6.18 Å². The summed E-state index contributed by atoms with van der Waals surface area (Å²) in [4.78, 5) is 4.08. The summed E-state index contributed by atoms with van der Waals surface area (Å²) in [6, 6.07) is 1.88. The van der Waals surface area contributed by atoms with Crippen molar-refractivity contribution in [3.05, 3.63) is 34.1 Å². The quantitative estimate of drug-likeness (QED) is 0.922. The van der Waals surface area contributed by atoms with Crippen molar-refractivity contribution in [2.45, 2.75) is 20.0 Å². The zero-order valence-corrected chi connectivity index (χ0v) is 11.8. The third-order valence-electron chi connectivity index (χ3n) is 2.82. The molecule has 0 aliphatic heterocycles. The summed E-state index contributed by atoms with van der Waals surface area (Å²) in [5.74, 6) is 0.176. The number of hydrogen-bond acceptors (Lipinski definition) is 3. The molecule has 20 heavy (non-hydrogen) atoms. The van der Waals surface area contributed by atoms with Crippen LogP contribution in [-0.4, -0.2) is 21.8 Å². The van der Waals surface area contributed by atoms with Crippen LogP contribution in [0.1, 0.15) is 17.0 Å². The van der Waals surface area contributed by atoms with Gasteiger partial charge in [0.25, 0.3) is 0 Å². The van der Waals surface area contributed by atoms with Crippen molar-refractivity contribution < 1.29 is 13.2 Å². The van der Waals surface area contributed by atoms with Crippen LogP contribution in [0.2, 0.25) is 5.02 Å². The van der Waals surface area contributed by atoms with Gasteiger partial charge in [-0.3, -0.25) is 0 Å². The number of aromatic nitrogens is 3. The minimum Gasteiger partial charge on any atom is -0.373 e. The molecule has 1 N–H and O–H groups in total. The van der Waals surface area contributed by atoms with Gasteiger partial charge < -0.3 is 5.32 Å². The van der Waals surface area contributed by atoms with E-state index in [9.17, 15) is 13.2 Å². The van der Waals surface area contributed by atoms with Crippen LogP contribution in [-0.2, 0) is 6.18 Å². The lowest BCUT2D eigenvalue weighted by Gasteiger charge is -2.12. The van der Waals surface area contributed by atoms with Crippen LogP contribution >= 0.6 is 11.6 Å². The second-order valence-electron chi connectivity index (χ2n) is 4.24. The first-order valence-corrected chi connectivity index (χ1v) is 6.11. The fourth-order valence-electron chi connectivity index (χ4n) is 1.76. The van der Waals surface area contributed by atoms with Crippen LogP contribution in [0.3, 0.4) is 0 Å². The number of pyridine rings is 1. The molecule has 0 aromatic carbocycles. The molecule has 0 aliphatic carbocycles. The average Bonchev–Trinajstić information content (AvgIpc) is 2.65. The van der Waals surface area contributed by atoms with Crippen molar-refractivity contribution in [1.82, 2.24) is 14.8 Å². The van der Waals surface area contributed by atoms with Gasteiger partial charge in [-0.1, -0.05) is 11.6 Å². The Morgan fingerprint density at radius 3 is 2.35 bits per heavy atom. The number of hydrogen-bond donors (Lipinski definition) is 1. The van der Waals surface area contributed by atoms with Crippen LogP contribution in [0.5, 0.6) is 0 Å². The van der Waals surface area contributed by atoms with Gasteiger partial charge in [0.2, 0.25) is 0 Å². The molecule has 0 amide bonds. The van der Waals surface area contributed by atoms with Gasteiger partial charge in [0.05, 0.1) is 22.0 Å². The van der Waals surface area contributed by atoms with Gasteiger partial charge in [0.15, 0.2) is 5.82 Å². The number of alkyl halides is 3. The minimum atomic E-state index is -4.46. The molecule has 0 fully saturated rings. The molecule has 0 bridgehead atoms. The fraction of sp³-hybridized carbons (Fsp3) is 0.333. The Morgan fingerprint density at radius 1 is 1.25 bits per heavy atom. The highest BCUT2D eigenvalue weighted by Gasteiger charge is 2.32. The van der Waals surface area contributed by atoms with Gasteiger partial charge in [-0.25, -0.2) is 9.67 Å². The monoisotopic (exact) mass is 304 g/mol. The zero-order chi connectivity index (χ0) is 15.1. The lowest BCUT2D eigenvalue weighted by atomic mass is 10.2. The van der Waals surface area contributed by atoms with Crippen LogP contribution in [0, 0.1) is 13.8 Å². The SMILES string of the molecule is CNc1cc(C(F)(F)F)cc(-n2nc(C)c(Cl)c2C)n1. The normalized spacial score (nSPS) is 11.8. The van der Waals surface area contributed by atoms with Crippen molar-refractivity contribution in [3.8, 4) is 5.82 Å². The molecule has 0 unspecified atom stereocenters. The summed E-state index contributed by atoms with van der Waals surface area (Å²) in [5, 5.41) is 7.12. The first kappa shape index (κ1) is 14.6. The summed E-state index contributed by atoms with van der Waals surface area (Å²) in [6.45, 7) is 3.35. The number of nitrogens with zero attached hydrogens (tertiary/aromatic N) is 3. The predicted molar refractivity (Wildman–Crippen MR) is 70.4 cm³/mol. The molecule has 0 saturated heterocycles. The molecular formula is C12H12ClF3N4. The third kappa shape index (κ3) is 2.58. The lowest BCUT2D eigenvalue weighted by molar-refractivity contribution is -0.137. The maximum Gasteiger partial charge on any atom is 0.416 e. The number of rotatable bonds is 2. The Balaban J connectivity index is 2.64. The molecule has 0 spiro atoms. The van der Waals surface area contributed by atoms with E-state index in [0.29, 0.717) is 16.4 Å². The minimum absolute atomic E-state index is 0.0664. The van der Waals surface area contributed by atoms with Crippen molar-refractivity contribution in [2.75, 3.05) is 12.4 Å². The predicted octanol–water partition coefficient (Wildman–Crippen LogP) is 3.60. The van der Waals surface area contributed by atoms with Crippen molar-refractivity contribution >= 4 is 17.4 Å². The molecule has 2 rings (SSSR count). The lowest BCUT2D eigenvalue weighted by Crippen LogP contribution is -2.11. The summed E-state index contributed by atoms with van der Waals surface area (Å²) in [6.07, 6.45) is -4.46. The summed E-state index contributed by atoms with van der Waals surface area (Å²) < 4.78 is 39.9. The highest BCUT2D eigenvalue weighted by atomic mass is 35.5. The molecule has 2 heterocycles. The molecule has 4 nitrogen and oxygen atoms in total. The molecule has 0 saturated carbocycles. The summed E-state index contributed by atoms with van der Waals surface area (Å²) >= 11 is 6.00. The van der Waals surface area contributed by atoms with Gasteiger partial charge in [-0.15, -0.1) is 0 Å². The number of anilines is 1. The van der Waals surface area contributed by atoms with Crippen molar-refractivity contribution in [2.24, 2.45) is 0 Å². The Bertz CT molecular complexity index is 649. The molecular weight excluding hydrogens is 293 g/mol. The summed E-state index contributed by atoms with van der Waals surface area (Å²) in [5.41, 5.74) is 0.281. The molecule has 0 radical (unpaired) electrons. The van der Waals surface area contributed by atoms with Crippen LogP contribution in [0.25, 0.3) is 5.82 Å². The van der Waals surface area contributed by atoms with Gasteiger partial charge in [-0.05, 0) is 26.0 Å². The average molecular weight is 305 g/mol. The van der Waals surface area contributed by atoms with Crippen molar-refractivity contribution in [3.63, 3.8) is 0 Å². The van der Waals surface area contributed by atoms with E-state index in [0.717, 1.165) is 12.1 Å². The van der Waals surface area contributed by atoms with E-state index >= 15 is 0 Å². The maximum absolute atomic E-state index is 12.9. The van der Waals surface area contributed by atoms with Crippen LogP contribution in [0.4, 0.5) is 19.0 Å².